The normalized spacial score (nSPS) is 12.2. The molecule has 0 heterocycles. The van der Waals surface area contributed by atoms with Crippen molar-refractivity contribution >= 4 is 12.1 Å². The lowest BCUT2D eigenvalue weighted by Gasteiger charge is -2.07. The number of hydrogen-bond donors (Lipinski definition) is 0. The molecule has 0 fully saturated rings. The van der Waals surface area contributed by atoms with Gasteiger partial charge in [-0.3, -0.25) is 9.59 Å². The highest BCUT2D eigenvalue weighted by molar-refractivity contribution is 6.09. The molecule has 0 saturated carbocycles. The van der Waals surface area contributed by atoms with Gasteiger partial charge in [-0.25, -0.2) is 0 Å². The SMILES string of the molecule is C/C(=C/C=C(\C)Oc1ccc(C(=O)c2ccc(C=O)cc2)cc1)C(C)C. The zero-order valence-electron chi connectivity index (χ0n) is 15.7. The molecule has 134 valence electrons. The van der Waals surface area contributed by atoms with Crippen LogP contribution in [0, 0.1) is 5.92 Å². The molecule has 2 aromatic carbocycles. The van der Waals surface area contributed by atoms with Crippen LogP contribution in [0.1, 0.15) is 54.0 Å². The highest BCUT2D eigenvalue weighted by atomic mass is 16.5. The van der Waals surface area contributed by atoms with E-state index in [0.717, 1.165) is 12.0 Å². The number of ketones is 1. The van der Waals surface area contributed by atoms with Gasteiger partial charge in [-0.2, -0.15) is 0 Å². The summed E-state index contributed by atoms with van der Waals surface area (Å²) in [7, 11) is 0. The van der Waals surface area contributed by atoms with E-state index in [4.69, 9.17) is 4.74 Å². The van der Waals surface area contributed by atoms with Crippen LogP contribution >= 0.6 is 0 Å². The van der Waals surface area contributed by atoms with Gasteiger partial charge in [0.2, 0.25) is 0 Å². The maximum Gasteiger partial charge on any atom is 0.193 e. The molecule has 3 heteroatoms. The van der Waals surface area contributed by atoms with Crippen molar-refractivity contribution in [3.63, 3.8) is 0 Å². The van der Waals surface area contributed by atoms with Crippen molar-refractivity contribution in [2.45, 2.75) is 27.7 Å². The molecule has 0 spiro atoms. The Labute approximate surface area is 155 Å². The number of allylic oxidation sites excluding steroid dienone is 4. The summed E-state index contributed by atoms with van der Waals surface area (Å²) in [5, 5.41) is 0. The van der Waals surface area contributed by atoms with Crippen LogP contribution < -0.4 is 4.74 Å². The number of carbonyl (C=O) groups is 2. The average Bonchev–Trinajstić information content (AvgIpc) is 2.66. The van der Waals surface area contributed by atoms with Crippen molar-refractivity contribution in [3.05, 3.63) is 88.7 Å². The first-order chi connectivity index (χ1) is 12.4. The van der Waals surface area contributed by atoms with Gasteiger partial charge < -0.3 is 4.74 Å². The Morgan fingerprint density at radius 3 is 1.92 bits per heavy atom. The number of rotatable bonds is 7. The standard InChI is InChI=1S/C23H24O3/c1-16(2)17(3)5-6-18(4)26-22-13-11-21(12-14-22)23(25)20-9-7-19(15-24)8-10-20/h5-16H,1-4H3/b17-5-,18-6+. The van der Waals surface area contributed by atoms with Crippen molar-refractivity contribution in [1.82, 2.24) is 0 Å². The lowest BCUT2D eigenvalue weighted by Crippen LogP contribution is -2.01. The molecule has 0 unspecified atom stereocenters. The minimum Gasteiger partial charge on any atom is -0.462 e. The van der Waals surface area contributed by atoms with E-state index < -0.39 is 0 Å². The molecule has 0 amide bonds. The number of hydrogen-bond acceptors (Lipinski definition) is 3. The fraction of sp³-hybridized carbons (Fsp3) is 0.217. The largest absolute Gasteiger partial charge is 0.462 e. The maximum atomic E-state index is 12.5. The third-order valence-electron chi connectivity index (χ3n) is 4.20. The highest BCUT2D eigenvalue weighted by Gasteiger charge is 2.09. The molecule has 0 aliphatic carbocycles. The van der Waals surface area contributed by atoms with Gasteiger partial charge in [0.25, 0.3) is 0 Å². The van der Waals surface area contributed by atoms with Gasteiger partial charge >= 0.3 is 0 Å². The van der Waals surface area contributed by atoms with Crippen molar-refractivity contribution in [2.24, 2.45) is 5.92 Å². The van der Waals surface area contributed by atoms with Gasteiger partial charge in [0, 0.05) is 16.7 Å². The maximum absolute atomic E-state index is 12.5. The van der Waals surface area contributed by atoms with Gasteiger partial charge in [0.05, 0.1) is 0 Å². The molecule has 3 nitrogen and oxygen atoms in total. The summed E-state index contributed by atoms with van der Waals surface area (Å²) in [5.74, 6) is 1.89. The molecule has 0 aliphatic heterocycles. The van der Waals surface area contributed by atoms with Gasteiger partial charge in [0.15, 0.2) is 5.78 Å². The summed E-state index contributed by atoms with van der Waals surface area (Å²) in [6.45, 7) is 8.30. The topological polar surface area (TPSA) is 43.4 Å². The Balaban J connectivity index is 2.07. The summed E-state index contributed by atoms with van der Waals surface area (Å²) in [6, 6.07) is 13.6. The molecule has 0 aromatic heterocycles. The van der Waals surface area contributed by atoms with E-state index in [1.807, 2.05) is 13.0 Å². The van der Waals surface area contributed by atoms with E-state index in [1.54, 1.807) is 48.5 Å². The Hall–Kier alpha value is -2.94. The quantitative estimate of drug-likeness (QED) is 0.282. The Morgan fingerprint density at radius 2 is 1.42 bits per heavy atom. The summed E-state index contributed by atoms with van der Waals surface area (Å²) in [6.07, 6.45) is 4.76. The predicted molar refractivity (Wildman–Crippen MR) is 105 cm³/mol. The third kappa shape index (κ3) is 5.28. The molecule has 0 radical (unpaired) electrons. The number of ether oxygens (including phenoxy) is 1. The van der Waals surface area contributed by atoms with Crippen molar-refractivity contribution < 1.29 is 14.3 Å². The van der Waals surface area contributed by atoms with Crippen LogP contribution in [0.2, 0.25) is 0 Å². The molecule has 26 heavy (non-hydrogen) atoms. The molecule has 0 atom stereocenters. The fourth-order valence-corrected chi connectivity index (χ4v) is 2.22. The van der Waals surface area contributed by atoms with Crippen LogP contribution in [0.25, 0.3) is 0 Å². The van der Waals surface area contributed by atoms with Crippen LogP contribution in [-0.2, 0) is 0 Å². The molecule has 0 aliphatic rings. The second-order valence-electron chi connectivity index (χ2n) is 6.54. The van der Waals surface area contributed by atoms with Gasteiger partial charge in [-0.05, 0) is 50.1 Å². The molecular formula is C23H24O3. The second kappa shape index (κ2) is 8.95. The van der Waals surface area contributed by atoms with E-state index in [9.17, 15) is 9.59 Å². The van der Waals surface area contributed by atoms with E-state index in [-0.39, 0.29) is 5.78 Å². The molecule has 2 aromatic rings. The highest BCUT2D eigenvalue weighted by Crippen LogP contribution is 2.18. The van der Waals surface area contributed by atoms with Crippen LogP contribution in [-0.4, -0.2) is 12.1 Å². The molecule has 0 N–H and O–H groups in total. The summed E-state index contributed by atoms with van der Waals surface area (Å²) >= 11 is 0. The molecular weight excluding hydrogens is 324 g/mol. The predicted octanol–water partition coefficient (Wildman–Crippen LogP) is 5.62. The number of benzene rings is 2. The van der Waals surface area contributed by atoms with Gasteiger partial charge in [-0.15, -0.1) is 0 Å². The summed E-state index contributed by atoms with van der Waals surface area (Å²) in [4.78, 5) is 23.2. The first-order valence-corrected chi connectivity index (χ1v) is 8.63. The monoisotopic (exact) mass is 348 g/mol. The first-order valence-electron chi connectivity index (χ1n) is 8.63. The molecule has 0 saturated heterocycles. The second-order valence-corrected chi connectivity index (χ2v) is 6.54. The van der Waals surface area contributed by atoms with Crippen molar-refractivity contribution in [1.29, 1.82) is 0 Å². The van der Waals surface area contributed by atoms with Crippen LogP contribution in [0.4, 0.5) is 0 Å². The van der Waals surface area contributed by atoms with E-state index in [0.29, 0.717) is 28.4 Å². The lowest BCUT2D eigenvalue weighted by atomic mass is 10.0. The lowest BCUT2D eigenvalue weighted by molar-refractivity contribution is 0.103. The third-order valence-corrected chi connectivity index (χ3v) is 4.20. The van der Waals surface area contributed by atoms with Gasteiger partial charge in [-0.1, -0.05) is 49.8 Å². The Morgan fingerprint density at radius 1 is 0.885 bits per heavy atom. The van der Waals surface area contributed by atoms with Crippen LogP contribution in [0.3, 0.4) is 0 Å². The van der Waals surface area contributed by atoms with Crippen molar-refractivity contribution in [3.8, 4) is 5.75 Å². The fourth-order valence-electron chi connectivity index (χ4n) is 2.22. The minimum absolute atomic E-state index is 0.0863. The average molecular weight is 348 g/mol. The number of carbonyl (C=O) groups excluding carboxylic acids is 2. The van der Waals surface area contributed by atoms with E-state index >= 15 is 0 Å². The Kier molecular flexibility index (Phi) is 6.67. The Bertz CT molecular complexity index is 823. The van der Waals surface area contributed by atoms with E-state index in [2.05, 4.69) is 26.8 Å². The van der Waals surface area contributed by atoms with Crippen LogP contribution in [0.5, 0.6) is 5.75 Å². The van der Waals surface area contributed by atoms with Crippen molar-refractivity contribution in [2.75, 3.05) is 0 Å². The van der Waals surface area contributed by atoms with E-state index in [1.165, 1.54) is 5.57 Å². The first kappa shape index (κ1) is 19.4. The molecule has 2 rings (SSSR count). The minimum atomic E-state index is -0.0863. The van der Waals surface area contributed by atoms with Crippen LogP contribution in [0.15, 0.2) is 72.0 Å². The summed E-state index contributed by atoms with van der Waals surface area (Å²) < 4.78 is 5.78. The summed E-state index contributed by atoms with van der Waals surface area (Å²) in [5.41, 5.74) is 2.96. The number of aldehydes is 1. The zero-order valence-corrected chi connectivity index (χ0v) is 15.7. The van der Waals surface area contributed by atoms with Gasteiger partial charge in [0.1, 0.15) is 17.8 Å². The molecule has 0 bridgehead atoms. The zero-order chi connectivity index (χ0) is 19.1. The smallest absolute Gasteiger partial charge is 0.193 e.